The Labute approximate surface area is 116 Å². The fraction of sp³-hybridized carbons (Fsp3) is 0.500. The van der Waals surface area contributed by atoms with Gasteiger partial charge in [0.25, 0.3) is 0 Å². The molecule has 3 N–H and O–H groups in total. The van der Waals surface area contributed by atoms with E-state index in [4.69, 9.17) is 10.5 Å². The van der Waals surface area contributed by atoms with Gasteiger partial charge in [-0.3, -0.25) is 0 Å². The van der Waals surface area contributed by atoms with Crippen molar-refractivity contribution in [3.63, 3.8) is 0 Å². The second-order valence-electron chi connectivity index (χ2n) is 4.80. The van der Waals surface area contributed by atoms with Crippen molar-refractivity contribution in [2.45, 2.75) is 26.3 Å². The normalized spacial score (nSPS) is 12.4. The monoisotopic (exact) mass is 262 g/mol. The minimum atomic E-state index is 0.199. The van der Waals surface area contributed by atoms with Gasteiger partial charge in [0, 0.05) is 19.1 Å². The first-order valence-electron chi connectivity index (χ1n) is 6.92. The van der Waals surface area contributed by atoms with E-state index in [1.807, 2.05) is 6.92 Å². The summed E-state index contributed by atoms with van der Waals surface area (Å²) < 4.78 is 5.48. The van der Waals surface area contributed by atoms with Gasteiger partial charge < -0.3 is 15.8 Å². The lowest BCUT2D eigenvalue weighted by Crippen LogP contribution is -2.31. The fourth-order valence-corrected chi connectivity index (χ4v) is 2.07. The van der Waals surface area contributed by atoms with E-state index in [-0.39, 0.29) is 6.04 Å². The number of ether oxygens (including phenoxy) is 1. The third kappa shape index (κ3) is 5.55. The van der Waals surface area contributed by atoms with Gasteiger partial charge in [-0.2, -0.15) is 0 Å². The lowest BCUT2D eigenvalue weighted by atomic mass is 9.98. The molecule has 3 heteroatoms. The first-order valence-corrected chi connectivity index (χ1v) is 6.92. The maximum absolute atomic E-state index is 5.87. The van der Waals surface area contributed by atoms with E-state index in [1.54, 1.807) is 0 Å². The molecule has 0 aliphatic heterocycles. The molecule has 1 unspecified atom stereocenters. The van der Waals surface area contributed by atoms with Gasteiger partial charge in [-0.1, -0.05) is 43.3 Å². The predicted octanol–water partition coefficient (Wildman–Crippen LogP) is 2.43. The summed E-state index contributed by atoms with van der Waals surface area (Å²) in [5, 5.41) is 3.45. The fourth-order valence-electron chi connectivity index (χ4n) is 2.07. The quantitative estimate of drug-likeness (QED) is 0.531. The van der Waals surface area contributed by atoms with Crippen LogP contribution in [0.3, 0.4) is 0 Å². The van der Waals surface area contributed by atoms with Crippen LogP contribution < -0.4 is 11.1 Å². The van der Waals surface area contributed by atoms with Crippen LogP contribution in [0.25, 0.3) is 0 Å². The van der Waals surface area contributed by atoms with Crippen molar-refractivity contribution < 1.29 is 4.74 Å². The summed E-state index contributed by atoms with van der Waals surface area (Å²) in [7, 11) is 0. The largest absolute Gasteiger partial charge is 0.376 e. The third-order valence-corrected chi connectivity index (χ3v) is 3.03. The molecule has 106 valence electrons. The molecule has 0 saturated carbocycles. The highest BCUT2D eigenvalue weighted by Gasteiger charge is 2.11. The molecule has 0 radical (unpaired) electrons. The zero-order chi connectivity index (χ0) is 14.1. The Kier molecular flexibility index (Phi) is 7.41. The van der Waals surface area contributed by atoms with Gasteiger partial charge in [0.2, 0.25) is 0 Å². The van der Waals surface area contributed by atoms with Crippen molar-refractivity contribution in [2.75, 3.05) is 26.3 Å². The van der Waals surface area contributed by atoms with Gasteiger partial charge in [-0.05, 0) is 24.5 Å². The molecule has 19 heavy (non-hydrogen) atoms. The Bertz CT molecular complexity index is 390. The molecule has 1 aromatic carbocycles. The molecule has 0 fully saturated rings. The summed E-state index contributed by atoms with van der Waals surface area (Å²) in [6, 6.07) is 8.65. The summed E-state index contributed by atoms with van der Waals surface area (Å²) in [5.41, 5.74) is 9.58. The summed E-state index contributed by atoms with van der Waals surface area (Å²) in [6.07, 6.45) is 1.03. The first-order chi connectivity index (χ1) is 9.19. The van der Waals surface area contributed by atoms with Crippen LogP contribution in [-0.4, -0.2) is 26.3 Å². The van der Waals surface area contributed by atoms with E-state index in [9.17, 15) is 0 Å². The molecule has 0 aliphatic rings. The van der Waals surface area contributed by atoms with Crippen molar-refractivity contribution in [1.82, 2.24) is 5.32 Å². The molecular weight excluding hydrogens is 236 g/mol. The number of nitrogens with one attached hydrogen (secondary N) is 1. The molecular formula is C16H26N2O. The molecule has 0 aromatic heterocycles. The van der Waals surface area contributed by atoms with Crippen LogP contribution in [0.2, 0.25) is 0 Å². The zero-order valence-electron chi connectivity index (χ0n) is 12.1. The van der Waals surface area contributed by atoms with Crippen LogP contribution >= 0.6 is 0 Å². The average molecular weight is 262 g/mol. The third-order valence-electron chi connectivity index (χ3n) is 3.03. The number of aryl methyl sites for hydroxylation is 1. The van der Waals surface area contributed by atoms with E-state index in [1.165, 1.54) is 11.1 Å². The Morgan fingerprint density at radius 2 is 2.16 bits per heavy atom. The average Bonchev–Trinajstić information content (AvgIpc) is 2.42. The van der Waals surface area contributed by atoms with E-state index in [2.05, 4.69) is 43.1 Å². The zero-order valence-corrected chi connectivity index (χ0v) is 12.1. The summed E-state index contributed by atoms with van der Waals surface area (Å²) in [6.45, 7) is 10.6. The molecule has 3 nitrogen and oxygen atoms in total. The summed E-state index contributed by atoms with van der Waals surface area (Å²) in [5.74, 6) is 0. The van der Waals surface area contributed by atoms with E-state index in [0.717, 1.165) is 18.5 Å². The van der Waals surface area contributed by atoms with Gasteiger partial charge in [-0.15, -0.1) is 0 Å². The Balaban J connectivity index is 2.46. The maximum atomic E-state index is 5.87. The molecule has 1 atom stereocenters. The number of benzene rings is 1. The molecule has 1 rings (SSSR count). The molecule has 0 saturated heterocycles. The number of hydrogen-bond donors (Lipinski definition) is 2. The molecule has 0 amide bonds. The van der Waals surface area contributed by atoms with Crippen molar-refractivity contribution in [3.8, 4) is 0 Å². The highest BCUT2D eigenvalue weighted by molar-refractivity contribution is 5.30. The lowest BCUT2D eigenvalue weighted by Gasteiger charge is -2.20. The van der Waals surface area contributed by atoms with Gasteiger partial charge in [-0.25, -0.2) is 0 Å². The number of rotatable bonds is 9. The minimum absolute atomic E-state index is 0.199. The standard InChI is InChI=1S/C16H26N2O/c1-4-14-7-5-6-8-15(14)16(11-17)18-9-10-19-12-13(2)3/h5-8,16,18H,2,4,9-12,17H2,1,3H3. The van der Waals surface area contributed by atoms with Gasteiger partial charge in [0.05, 0.1) is 13.2 Å². The van der Waals surface area contributed by atoms with Crippen LogP contribution in [0.4, 0.5) is 0 Å². The van der Waals surface area contributed by atoms with Crippen LogP contribution in [0.15, 0.2) is 36.4 Å². The highest BCUT2D eigenvalue weighted by Crippen LogP contribution is 2.17. The highest BCUT2D eigenvalue weighted by atomic mass is 16.5. The smallest absolute Gasteiger partial charge is 0.0672 e. The first kappa shape index (κ1) is 15.9. The van der Waals surface area contributed by atoms with Crippen LogP contribution in [0.5, 0.6) is 0 Å². The number of nitrogens with two attached hydrogens (primary N) is 1. The molecule has 1 aromatic rings. The Morgan fingerprint density at radius 1 is 1.42 bits per heavy atom. The lowest BCUT2D eigenvalue weighted by molar-refractivity contribution is 0.155. The number of hydrogen-bond acceptors (Lipinski definition) is 3. The Morgan fingerprint density at radius 3 is 2.79 bits per heavy atom. The van der Waals surface area contributed by atoms with E-state index < -0.39 is 0 Å². The van der Waals surface area contributed by atoms with Gasteiger partial charge in [0.15, 0.2) is 0 Å². The van der Waals surface area contributed by atoms with Gasteiger partial charge >= 0.3 is 0 Å². The molecule has 0 spiro atoms. The van der Waals surface area contributed by atoms with E-state index in [0.29, 0.717) is 19.8 Å². The van der Waals surface area contributed by atoms with Gasteiger partial charge in [0.1, 0.15) is 0 Å². The van der Waals surface area contributed by atoms with Crippen molar-refractivity contribution in [3.05, 3.63) is 47.5 Å². The van der Waals surface area contributed by atoms with Crippen LogP contribution in [0, 0.1) is 0 Å². The van der Waals surface area contributed by atoms with Crippen molar-refractivity contribution in [2.24, 2.45) is 5.73 Å². The van der Waals surface area contributed by atoms with E-state index >= 15 is 0 Å². The molecule has 0 bridgehead atoms. The molecule has 0 heterocycles. The Hall–Kier alpha value is -1.16. The SMILES string of the molecule is C=C(C)COCCNC(CN)c1ccccc1CC. The van der Waals surface area contributed by atoms with Crippen LogP contribution in [0.1, 0.15) is 31.0 Å². The topological polar surface area (TPSA) is 47.3 Å². The second kappa shape index (κ2) is 8.86. The van der Waals surface area contributed by atoms with Crippen LogP contribution in [-0.2, 0) is 11.2 Å². The van der Waals surface area contributed by atoms with Crippen molar-refractivity contribution >= 4 is 0 Å². The second-order valence-corrected chi connectivity index (χ2v) is 4.80. The van der Waals surface area contributed by atoms with Crippen molar-refractivity contribution in [1.29, 1.82) is 0 Å². The predicted molar refractivity (Wildman–Crippen MR) is 81.3 cm³/mol. The maximum Gasteiger partial charge on any atom is 0.0672 e. The molecule has 0 aliphatic carbocycles. The summed E-state index contributed by atoms with van der Waals surface area (Å²) >= 11 is 0. The summed E-state index contributed by atoms with van der Waals surface area (Å²) in [4.78, 5) is 0. The minimum Gasteiger partial charge on any atom is -0.376 e.